The Bertz CT molecular complexity index is 373. The maximum Gasteiger partial charge on any atom is 0.188 e. The Balaban J connectivity index is 2.12. The molecule has 20 heavy (non-hydrogen) atoms. The van der Waals surface area contributed by atoms with Crippen molar-refractivity contribution in [2.45, 2.75) is 26.7 Å². The first kappa shape index (κ1) is 16.4. The molecule has 1 heterocycles. The summed E-state index contributed by atoms with van der Waals surface area (Å²) in [5, 5.41) is 3.12. The van der Waals surface area contributed by atoms with E-state index in [-0.39, 0.29) is 0 Å². The maximum atomic E-state index is 5.82. The highest BCUT2D eigenvalue weighted by atomic mass is 15.1. The SMILES string of the molecule is CCN(CC)CCCN=C(N)NCCc1ccccn1. The van der Waals surface area contributed by atoms with Gasteiger partial charge in [0.05, 0.1) is 0 Å². The summed E-state index contributed by atoms with van der Waals surface area (Å²) in [6, 6.07) is 5.93. The van der Waals surface area contributed by atoms with Gasteiger partial charge in [-0.05, 0) is 38.2 Å². The molecular formula is C15H27N5. The lowest BCUT2D eigenvalue weighted by atomic mass is 10.3. The Kier molecular flexibility index (Phi) is 8.38. The minimum absolute atomic E-state index is 0.528. The molecule has 0 saturated heterocycles. The van der Waals surface area contributed by atoms with Gasteiger partial charge in [-0.2, -0.15) is 0 Å². The van der Waals surface area contributed by atoms with E-state index in [1.165, 1.54) is 0 Å². The van der Waals surface area contributed by atoms with Gasteiger partial charge in [-0.15, -0.1) is 0 Å². The topological polar surface area (TPSA) is 66.5 Å². The average molecular weight is 277 g/mol. The molecule has 0 radical (unpaired) electrons. The summed E-state index contributed by atoms with van der Waals surface area (Å²) >= 11 is 0. The highest BCUT2D eigenvalue weighted by Crippen LogP contribution is 1.93. The average Bonchev–Trinajstić information content (AvgIpc) is 2.48. The van der Waals surface area contributed by atoms with E-state index < -0.39 is 0 Å². The Hall–Kier alpha value is -1.62. The predicted molar refractivity (Wildman–Crippen MR) is 84.8 cm³/mol. The Morgan fingerprint density at radius 3 is 2.80 bits per heavy atom. The zero-order valence-electron chi connectivity index (χ0n) is 12.7. The van der Waals surface area contributed by atoms with Gasteiger partial charge in [0.15, 0.2) is 5.96 Å². The van der Waals surface area contributed by atoms with E-state index in [9.17, 15) is 0 Å². The van der Waals surface area contributed by atoms with Crippen molar-refractivity contribution in [3.8, 4) is 0 Å². The van der Waals surface area contributed by atoms with E-state index in [0.29, 0.717) is 5.96 Å². The molecule has 0 aliphatic heterocycles. The molecule has 112 valence electrons. The molecule has 0 saturated carbocycles. The largest absolute Gasteiger partial charge is 0.370 e. The van der Waals surface area contributed by atoms with Crippen molar-refractivity contribution in [2.24, 2.45) is 10.7 Å². The zero-order valence-corrected chi connectivity index (χ0v) is 12.7. The fourth-order valence-corrected chi connectivity index (χ4v) is 1.95. The van der Waals surface area contributed by atoms with Crippen molar-refractivity contribution < 1.29 is 0 Å². The van der Waals surface area contributed by atoms with Gasteiger partial charge in [0.25, 0.3) is 0 Å². The Morgan fingerprint density at radius 1 is 1.35 bits per heavy atom. The van der Waals surface area contributed by atoms with Crippen LogP contribution in [0.5, 0.6) is 0 Å². The molecule has 0 aliphatic rings. The van der Waals surface area contributed by atoms with Crippen molar-refractivity contribution in [3.63, 3.8) is 0 Å². The van der Waals surface area contributed by atoms with Gasteiger partial charge >= 0.3 is 0 Å². The standard InChI is InChI=1S/C15H27N5/c1-3-20(4-2)13-7-11-18-15(16)19-12-9-14-8-5-6-10-17-14/h5-6,8,10H,3-4,7,9,11-13H2,1-2H3,(H3,16,18,19). The number of hydrogen-bond donors (Lipinski definition) is 2. The molecule has 0 spiro atoms. The molecule has 5 nitrogen and oxygen atoms in total. The second-order valence-electron chi connectivity index (χ2n) is 4.65. The molecule has 0 bridgehead atoms. The lowest BCUT2D eigenvalue weighted by Crippen LogP contribution is -2.33. The van der Waals surface area contributed by atoms with Crippen LogP contribution in [0.4, 0.5) is 0 Å². The molecule has 3 N–H and O–H groups in total. The molecule has 1 rings (SSSR count). The molecule has 0 atom stereocenters. The number of guanidine groups is 1. The molecule has 1 aromatic rings. The molecular weight excluding hydrogens is 250 g/mol. The highest BCUT2D eigenvalue weighted by molar-refractivity contribution is 5.77. The van der Waals surface area contributed by atoms with Crippen molar-refractivity contribution in [1.29, 1.82) is 0 Å². The quantitative estimate of drug-likeness (QED) is 0.405. The summed E-state index contributed by atoms with van der Waals surface area (Å²) in [5.74, 6) is 0.528. The molecule has 0 amide bonds. The highest BCUT2D eigenvalue weighted by Gasteiger charge is 1.98. The molecule has 0 aromatic carbocycles. The molecule has 0 unspecified atom stereocenters. The van der Waals surface area contributed by atoms with Crippen molar-refractivity contribution in [2.75, 3.05) is 32.7 Å². The normalized spacial score (nSPS) is 11.8. The fraction of sp³-hybridized carbons (Fsp3) is 0.600. The molecule has 5 heteroatoms. The summed E-state index contributed by atoms with van der Waals surface area (Å²) in [6.45, 7) is 9.18. The summed E-state index contributed by atoms with van der Waals surface area (Å²) in [7, 11) is 0. The fourth-order valence-electron chi connectivity index (χ4n) is 1.95. The summed E-state index contributed by atoms with van der Waals surface area (Å²) in [4.78, 5) is 11.0. The number of pyridine rings is 1. The van der Waals surface area contributed by atoms with Crippen molar-refractivity contribution in [1.82, 2.24) is 15.2 Å². The van der Waals surface area contributed by atoms with E-state index in [4.69, 9.17) is 5.73 Å². The number of aliphatic imine (C=N–C) groups is 1. The second-order valence-corrected chi connectivity index (χ2v) is 4.65. The number of nitrogens with one attached hydrogen (secondary N) is 1. The third-order valence-corrected chi connectivity index (χ3v) is 3.22. The number of aromatic nitrogens is 1. The summed E-state index contributed by atoms with van der Waals surface area (Å²) < 4.78 is 0. The first-order valence-corrected chi connectivity index (χ1v) is 7.42. The minimum atomic E-state index is 0.528. The van der Waals surface area contributed by atoms with Crippen LogP contribution in [0.1, 0.15) is 26.0 Å². The van der Waals surface area contributed by atoms with Crippen LogP contribution in [0.3, 0.4) is 0 Å². The van der Waals surface area contributed by atoms with E-state index in [1.807, 2.05) is 18.2 Å². The van der Waals surface area contributed by atoms with Crippen LogP contribution >= 0.6 is 0 Å². The minimum Gasteiger partial charge on any atom is -0.370 e. The zero-order chi connectivity index (χ0) is 14.6. The van der Waals surface area contributed by atoms with Gasteiger partial charge in [0.2, 0.25) is 0 Å². The van der Waals surface area contributed by atoms with Crippen LogP contribution in [0, 0.1) is 0 Å². The first-order chi connectivity index (χ1) is 9.76. The van der Waals surface area contributed by atoms with E-state index in [1.54, 1.807) is 6.20 Å². The summed E-state index contributed by atoms with van der Waals surface area (Å²) in [6.07, 6.45) is 3.71. The van der Waals surface area contributed by atoms with Crippen molar-refractivity contribution in [3.05, 3.63) is 30.1 Å². The summed E-state index contributed by atoms with van der Waals surface area (Å²) in [5.41, 5.74) is 6.89. The monoisotopic (exact) mass is 277 g/mol. The lowest BCUT2D eigenvalue weighted by molar-refractivity contribution is 0.302. The van der Waals surface area contributed by atoms with Gasteiger partial charge in [0.1, 0.15) is 0 Å². The molecule has 0 fully saturated rings. The van der Waals surface area contributed by atoms with Gasteiger partial charge in [0, 0.05) is 31.4 Å². The van der Waals surface area contributed by atoms with Crippen LogP contribution in [0.2, 0.25) is 0 Å². The maximum absolute atomic E-state index is 5.82. The van der Waals surface area contributed by atoms with Gasteiger partial charge in [-0.25, -0.2) is 0 Å². The molecule has 1 aromatic heterocycles. The van der Waals surface area contributed by atoms with Gasteiger partial charge in [-0.1, -0.05) is 19.9 Å². The Labute approximate surface area is 122 Å². The second kappa shape index (κ2) is 10.2. The number of nitrogens with two attached hydrogens (primary N) is 1. The third kappa shape index (κ3) is 7.09. The Morgan fingerprint density at radius 2 is 2.15 bits per heavy atom. The van der Waals surface area contributed by atoms with Crippen LogP contribution in [-0.4, -0.2) is 48.6 Å². The first-order valence-electron chi connectivity index (χ1n) is 7.42. The van der Waals surface area contributed by atoms with Gasteiger partial charge < -0.3 is 16.0 Å². The van der Waals surface area contributed by atoms with E-state index in [2.05, 4.69) is 34.0 Å². The molecule has 0 aliphatic carbocycles. The van der Waals surface area contributed by atoms with Crippen LogP contribution in [0.15, 0.2) is 29.4 Å². The third-order valence-electron chi connectivity index (χ3n) is 3.22. The van der Waals surface area contributed by atoms with Gasteiger partial charge in [-0.3, -0.25) is 9.98 Å². The predicted octanol–water partition coefficient (Wildman–Crippen LogP) is 1.26. The van der Waals surface area contributed by atoms with Crippen LogP contribution in [0.25, 0.3) is 0 Å². The number of hydrogen-bond acceptors (Lipinski definition) is 3. The van der Waals surface area contributed by atoms with Crippen molar-refractivity contribution >= 4 is 5.96 Å². The smallest absolute Gasteiger partial charge is 0.188 e. The van der Waals surface area contributed by atoms with E-state index >= 15 is 0 Å². The van der Waals surface area contributed by atoms with Crippen LogP contribution in [-0.2, 0) is 6.42 Å². The number of rotatable bonds is 9. The van der Waals surface area contributed by atoms with E-state index in [0.717, 1.165) is 51.3 Å². The van der Waals surface area contributed by atoms with Crippen LogP contribution < -0.4 is 11.1 Å². The number of nitrogens with zero attached hydrogens (tertiary/aromatic N) is 3. The lowest BCUT2D eigenvalue weighted by Gasteiger charge is -2.16.